The number of aryl methyl sites for hydroxylation is 1. The van der Waals surface area contributed by atoms with Gasteiger partial charge in [0.25, 0.3) is 0 Å². The van der Waals surface area contributed by atoms with Crippen LogP contribution in [0, 0.1) is 6.92 Å². The molecule has 22 heavy (non-hydrogen) atoms. The number of fused-ring (bicyclic) bond motifs is 1. The summed E-state index contributed by atoms with van der Waals surface area (Å²) < 4.78 is 12.3. The van der Waals surface area contributed by atoms with Crippen molar-refractivity contribution < 1.29 is 14.1 Å². The Bertz CT molecular complexity index is 725. The van der Waals surface area contributed by atoms with Crippen LogP contribution in [0.3, 0.4) is 0 Å². The number of imidazole rings is 1. The third kappa shape index (κ3) is 2.56. The molecule has 0 aromatic carbocycles. The van der Waals surface area contributed by atoms with Gasteiger partial charge in [0.1, 0.15) is 5.60 Å². The summed E-state index contributed by atoms with van der Waals surface area (Å²) in [5, 5.41) is 3.89. The molecule has 0 fully saturated rings. The number of aromatic nitrogens is 4. The van der Waals surface area contributed by atoms with E-state index in [1.165, 1.54) is 0 Å². The molecule has 3 heterocycles. The number of nitrogens with zero attached hydrogens (tertiary/aromatic N) is 5. The van der Waals surface area contributed by atoms with Crippen LogP contribution in [0.25, 0.3) is 11.6 Å². The van der Waals surface area contributed by atoms with Crippen LogP contribution in [-0.4, -0.2) is 36.3 Å². The SMILES string of the molecule is Cc1nc(-c2nc3c(n2C)CN(C(=O)OC(C)(C)C)C3)no1. The molecular formula is C14H19N5O3. The average molecular weight is 305 g/mol. The summed E-state index contributed by atoms with van der Waals surface area (Å²) in [4.78, 5) is 22.5. The Morgan fingerprint density at radius 2 is 2.00 bits per heavy atom. The number of ether oxygens (including phenoxy) is 1. The van der Waals surface area contributed by atoms with Crippen molar-refractivity contribution in [2.24, 2.45) is 7.05 Å². The second kappa shape index (κ2) is 4.82. The van der Waals surface area contributed by atoms with Crippen molar-refractivity contribution in [3.05, 3.63) is 17.3 Å². The van der Waals surface area contributed by atoms with Crippen LogP contribution in [0.2, 0.25) is 0 Å². The van der Waals surface area contributed by atoms with E-state index < -0.39 is 5.60 Å². The summed E-state index contributed by atoms with van der Waals surface area (Å²) in [5.41, 5.74) is 1.29. The molecule has 1 aliphatic rings. The van der Waals surface area contributed by atoms with Gasteiger partial charge in [0.05, 0.1) is 24.5 Å². The molecule has 0 radical (unpaired) electrons. The first-order valence-electron chi connectivity index (χ1n) is 7.07. The van der Waals surface area contributed by atoms with Gasteiger partial charge in [-0.3, -0.25) is 4.90 Å². The smallest absolute Gasteiger partial charge is 0.410 e. The summed E-state index contributed by atoms with van der Waals surface area (Å²) in [6.07, 6.45) is -0.331. The lowest BCUT2D eigenvalue weighted by atomic mass is 10.2. The Labute approximate surface area is 128 Å². The lowest BCUT2D eigenvalue weighted by molar-refractivity contribution is 0.0238. The predicted octanol–water partition coefficient (Wildman–Crippen LogP) is 2.03. The van der Waals surface area contributed by atoms with E-state index in [0.29, 0.717) is 30.6 Å². The number of hydrogen-bond donors (Lipinski definition) is 0. The molecule has 2 aromatic heterocycles. The molecule has 8 heteroatoms. The zero-order chi connectivity index (χ0) is 16.1. The van der Waals surface area contributed by atoms with Crippen molar-refractivity contribution in [3.63, 3.8) is 0 Å². The number of rotatable bonds is 1. The normalized spacial score (nSPS) is 14.3. The van der Waals surface area contributed by atoms with Gasteiger partial charge in [0, 0.05) is 14.0 Å². The lowest BCUT2D eigenvalue weighted by Gasteiger charge is -2.24. The average Bonchev–Trinajstić information content (AvgIpc) is 3.04. The van der Waals surface area contributed by atoms with E-state index in [4.69, 9.17) is 9.26 Å². The molecule has 0 saturated heterocycles. The molecular weight excluding hydrogens is 286 g/mol. The number of carbonyl (C=O) groups excluding carboxylic acids is 1. The van der Waals surface area contributed by atoms with Gasteiger partial charge >= 0.3 is 6.09 Å². The highest BCUT2D eigenvalue weighted by atomic mass is 16.6. The first-order valence-corrected chi connectivity index (χ1v) is 7.07. The monoisotopic (exact) mass is 305 g/mol. The molecule has 0 unspecified atom stereocenters. The van der Waals surface area contributed by atoms with Crippen molar-refractivity contribution in [2.45, 2.75) is 46.4 Å². The molecule has 0 saturated carbocycles. The van der Waals surface area contributed by atoms with E-state index in [1.54, 1.807) is 11.8 Å². The van der Waals surface area contributed by atoms with E-state index in [-0.39, 0.29) is 6.09 Å². The van der Waals surface area contributed by atoms with Crippen LogP contribution in [0.1, 0.15) is 38.0 Å². The van der Waals surface area contributed by atoms with Gasteiger partial charge in [0.2, 0.25) is 11.7 Å². The molecule has 8 nitrogen and oxygen atoms in total. The second-order valence-electron chi connectivity index (χ2n) is 6.36. The van der Waals surface area contributed by atoms with Crippen LogP contribution < -0.4 is 0 Å². The largest absolute Gasteiger partial charge is 0.444 e. The van der Waals surface area contributed by atoms with Crippen molar-refractivity contribution in [1.29, 1.82) is 0 Å². The van der Waals surface area contributed by atoms with Gasteiger partial charge in [-0.25, -0.2) is 9.78 Å². The molecule has 0 N–H and O–H groups in total. The Morgan fingerprint density at radius 1 is 1.27 bits per heavy atom. The zero-order valence-electron chi connectivity index (χ0n) is 13.4. The van der Waals surface area contributed by atoms with E-state index >= 15 is 0 Å². The minimum atomic E-state index is -0.507. The van der Waals surface area contributed by atoms with Crippen LogP contribution in [0.15, 0.2) is 4.52 Å². The summed E-state index contributed by atoms with van der Waals surface area (Å²) in [5.74, 6) is 1.59. The third-order valence-corrected chi connectivity index (χ3v) is 3.36. The van der Waals surface area contributed by atoms with E-state index in [2.05, 4.69) is 15.1 Å². The highest BCUT2D eigenvalue weighted by molar-refractivity contribution is 5.69. The minimum Gasteiger partial charge on any atom is -0.444 e. The summed E-state index contributed by atoms with van der Waals surface area (Å²) in [6, 6.07) is 0. The van der Waals surface area contributed by atoms with Gasteiger partial charge in [-0.15, -0.1) is 0 Å². The zero-order valence-corrected chi connectivity index (χ0v) is 13.4. The fourth-order valence-electron chi connectivity index (χ4n) is 2.38. The van der Waals surface area contributed by atoms with Crippen molar-refractivity contribution >= 4 is 6.09 Å². The van der Waals surface area contributed by atoms with Gasteiger partial charge in [-0.2, -0.15) is 4.98 Å². The second-order valence-corrected chi connectivity index (χ2v) is 6.36. The molecule has 2 aromatic rings. The van der Waals surface area contributed by atoms with Gasteiger partial charge in [-0.1, -0.05) is 5.16 Å². The van der Waals surface area contributed by atoms with Crippen LogP contribution in [0.5, 0.6) is 0 Å². The molecule has 0 spiro atoms. The number of amides is 1. The third-order valence-electron chi connectivity index (χ3n) is 3.36. The number of hydrogen-bond acceptors (Lipinski definition) is 6. The first kappa shape index (κ1) is 14.6. The Hall–Kier alpha value is -2.38. The maximum absolute atomic E-state index is 12.1. The summed E-state index contributed by atoms with van der Waals surface area (Å²) in [7, 11) is 1.88. The lowest BCUT2D eigenvalue weighted by Crippen LogP contribution is -2.33. The highest BCUT2D eigenvalue weighted by Gasteiger charge is 2.32. The highest BCUT2D eigenvalue weighted by Crippen LogP contribution is 2.27. The van der Waals surface area contributed by atoms with Gasteiger partial charge in [-0.05, 0) is 20.8 Å². The van der Waals surface area contributed by atoms with E-state index in [1.807, 2.05) is 32.4 Å². The van der Waals surface area contributed by atoms with Crippen LogP contribution >= 0.6 is 0 Å². The standard InChI is InChI=1S/C14H19N5O3/c1-8-15-11(17-22-8)12-16-9-6-19(7-10(9)18(12)5)13(20)21-14(2,3)4/h6-7H2,1-5H3. The Balaban J connectivity index is 1.80. The van der Waals surface area contributed by atoms with Crippen molar-refractivity contribution in [1.82, 2.24) is 24.6 Å². The quantitative estimate of drug-likeness (QED) is 0.801. The van der Waals surface area contributed by atoms with E-state index in [0.717, 1.165) is 11.4 Å². The minimum absolute atomic E-state index is 0.331. The molecule has 0 atom stereocenters. The fraction of sp³-hybridized carbons (Fsp3) is 0.571. The summed E-state index contributed by atoms with van der Waals surface area (Å²) >= 11 is 0. The maximum Gasteiger partial charge on any atom is 0.410 e. The molecule has 0 aliphatic carbocycles. The van der Waals surface area contributed by atoms with E-state index in [9.17, 15) is 4.79 Å². The van der Waals surface area contributed by atoms with Gasteiger partial charge in [0.15, 0.2) is 5.82 Å². The van der Waals surface area contributed by atoms with Gasteiger partial charge < -0.3 is 13.8 Å². The summed E-state index contributed by atoms with van der Waals surface area (Å²) in [6.45, 7) is 8.17. The predicted molar refractivity (Wildman–Crippen MR) is 76.7 cm³/mol. The molecule has 0 bridgehead atoms. The van der Waals surface area contributed by atoms with Crippen LogP contribution in [0.4, 0.5) is 4.79 Å². The molecule has 118 valence electrons. The van der Waals surface area contributed by atoms with Crippen LogP contribution in [-0.2, 0) is 24.9 Å². The maximum atomic E-state index is 12.1. The Morgan fingerprint density at radius 3 is 2.55 bits per heavy atom. The van der Waals surface area contributed by atoms with Crippen molar-refractivity contribution in [3.8, 4) is 11.6 Å². The molecule has 1 amide bonds. The Kier molecular flexibility index (Phi) is 3.19. The fourth-order valence-corrected chi connectivity index (χ4v) is 2.38. The van der Waals surface area contributed by atoms with Crippen molar-refractivity contribution in [2.75, 3.05) is 0 Å². The first-order chi connectivity index (χ1) is 10.2. The number of carbonyl (C=O) groups is 1. The molecule has 1 aliphatic heterocycles. The topological polar surface area (TPSA) is 86.3 Å². The molecule has 3 rings (SSSR count).